The van der Waals surface area contributed by atoms with Crippen LogP contribution >= 0.6 is 35.0 Å². The maximum absolute atomic E-state index is 13.2. The second-order valence-electron chi connectivity index (χ2n) is 6.65. The van der Waals surface area contributed by atoms with E-state index in [0.29, 0.717) is 21.3 Å². The van der Waals surface area contributed by atoms with E-state index in [1.807, 2.05) is 73.1 Å². The van der Waals surface area contributed by atoms with Gasteiger partial charge in [-0.3, -0.25) is 4.79 Å². The van der Waals surface area contributed by atoms with Crippen LogP contribution in [0.5, 0.6) is 0 Å². The van der Waals surface area contributed by atoms with Crippen molar-refractivity contribution in [3.63, 3.8) is 0 Å². The number of aromatic nitrogens is 1. The Morgan fingerprint density at radius 3 is 2.43 bits per heavy atom. The average Bonchev–Trinajstić information content (AvgIpc) is 3.30. The van der Waals surface area contributed by atoms with Crippen LogP contribution in [0.4, 0.5) is 5.69 Å². The number of benzene rings is 3. The minimum absolute atomic E-state index is 0.188. The number of hydrogen-bond acceptors (Lipinski definition) is 2. The van der Waals surface area contributed by atoms with Crippen LogP contribution in [0.3, 0.4) is 0 Å². The molecular formula is C24H18Cl2N2OS. The van der Waals surface area contributed by atoms with E-state index in [9.17, 15) is 4.79 Å². The molecule has 0 saturated heterocycles. The normalized spacial score (nSPS) is 10.8. The van der Waals surface area contributed by atoms with Gasteiger partial charge in [0.05, 0.1) is 5.02 Å². The minimum atomic E-state index is -0.188. The van der Waals surface area contributed by atoms with Crippen molar-refractivity contribution in [2.75, 3.05) is 11.6 Å². The molecule has 0 atom stereocenters. The first kappa shape index (κ1) is 20.6. The van der Waals surface area contributed by atoms with Gasteiger partial charge in [0.2, 0.25) is 0 Å². The number of thioether (sulfide) groups is 1. The minimum Gasteiger partial charge on any atom is -0.361 e. The summed E-state index contributed by atoms with van der Waals surface area (Å²) in [5, 5.41) is 4.27. The van der Waals surface area contributed by atoms with Crippen LogP contribution in [0.1, 0.15) is 10.4 Å². The van der Waals surface area contributed by atoms with Gasteiger partial charge in [-0.15, -0.1) is 11.8 Å². The molecule has 0 aliphatic heterocycles. The predicted molar refractivity (Wildman–Crippen MR) is 128 cm³/mol. The van der Waals surface area contributed by atoms with E-state index in [4.69, 9.17) is 23.2 Å². The Labute approximate surface area is 189 Å². The van der Waals surface area contributed by atoms with E-state index in [1.54, 1.807) is 23.9 Å². The fourth-order valence-corrected chi connectivity index (χ4v) is 4.01. The van der Waals surface area contributed by atoms with Crippen LogP contribution in [0, 0.1) is 0 Å². The molecule has 150 valence electrons. The lowest BCUT2D eigenvalue weighted by Gasteiger charge is -2.13. The largest absolute Gasteiger partial charge is 0.361 e. The summed E-state index contributed by atoms with van der Waals surface area (Å²) in [6.07, 6.45) is 3.85. The highest BCUT2D eigenvalue weighted by Crippen LogP contribution is 2.32. The van der Waals surface area contributed by atoms with Crippen LogP contribution in [0.25, 0.3) is 22.4 Å². The van der Waals surface area contributed by atoms with Crippen LogP contribution in [0.15, 0.2) is 83.9 Å². The number of aromatic amines is 1. The smallest absolute Gasteiger partial charge is 0.256 e. The van der Waals surface area contributed by atoms with Crippen molar-refractivity contribution in [1.29, 1.82) is 0 Å². The summed E-state index contributed by atoms with van der Waals surface area (Å²) in [6.45, 7) is 0. The number of carbonyl (C=O) groups is 1. The number of anilines is 1. The molecule has 3 aromatic carbocycles. The molecule has 3 nitrogen and oxygen atoms in total. The zero-order chi connectivity index (χ0) is 21.1. The van der Waals surface area contributed by atoms with Crippen molar-refractivity contribution >= 4 is 46.6 Å². The van der Waals surface area contributed by atoms with Gasteiger partial charge in [0.25, 0.3) is 5.91 Å². The van der Waals surface area contributed by atoms with Crippen LogP contribution in [-0.4, -0.2) is 17.1 Å². The Morgan fingerprint density at radius 2 is 1.73 bits per heavy atom. The first-order valence-electron chi connectivity index (χ1n) is 9.24. The van der Waals surface area contributed by atoms with E-state index in [2.05, 4.69) is 10.3 Å². The fourth-order valence-electron chi connectivity index (χ4n) is 3.22. The Bertz CT molecular complexity index is 1190. The van der Waals surface area contributed by atoms with Crippen molar-refractivity contribution < 1.29 is 4.79 Å². The molecule has 30 heavy (non-hydrogen) atoms. The highest BCUT2D eigenvalue weighted by atomic mass is 35.5. The van der Waals surface area contributed by atoms with E-state index >= 15 is 0 Å². The lowest BCUT2D eigenvalue weighted by atomic mass is 9.99. The van der Waals surface area contributed by atoms with E-state index in [-0.39, 0.29) is 5.91 Å². The molecule has 4 rings (SSSR count). The Morgan fingerprint density at radius 1 is 0.933 bits per heavy atom. The number of nitrogens with one attached hydrogen (secondary N) is 2. The van der Waals surface area contributed by atoms with Crippen molar-refractivity contribution in [3.8, 4) is 22.4 Å². The first-order valence-corrected chi connectivity index (χ1v) is 11.2. The van der Waals surface area contributed by atoms with Gasteiger partial charge in [-0.2, -0.15) is 0 Å². The van der Waals surface area contributed by atoms with Crippen molar-refractivity contribution in [2.24, 2.45) is 0 Å². The molecule has 0 radical (unpaired) electrons. The summed E-state index contributed by atoms with van der Waals surface area (Å²) in [5.74, 6) is -0.188. The Hall–Kier alpha value is -2.66. The topological polar surface area (TPSA) is 44.9 Å². The molecule has 1 amide bonds. The number of halogens is 2. The summed E-state index contributed by atoms with van der Waals surface area (Å²) in [6, 6.07) is 22.6. The van der Waals surface area contributed by atoms with E-state index in [0.717, 1.165) is 27.3 Å². The van der Waals surface area contributed by atoms with Gasteiger partial charge in [0.15, 0.2) is 0 Å². The molecule has 4 aromatic rings. The zero-order valence-corrected chi connectivity index (χ0v) is 18.4. The molecule has 0 unspecified atom stereocenters. The van der Waals surface area contributed by atoms with Crippen molar-refractivity contribution in [3.05, 3.63) is 94.6 Å². The van der Waals surface area contributed by atoms with E-state index in [1.165, 1.54) is 0 Å². The SMILES string of the molecule is CSc1ccc(C(=O)Nc2ccc(Cl)c(-c3ccc[nH]3)c2)c(-c2ccc(Cl)cc2)c1. The lowest BCUT2D eigenvalue weighted by molar-refractivity contribution is 0.102. The number of amides is 1. The maximum Gasteiger partial charge on any atom is 0.256 e. The van der Waals surface area contributed by atoms with Gasteiger partial charge in [0, 0.05) is 38.6 Å². The lowest BCUT2D eigenvalue weighted by Crippen LogP contribution is -2.13. The molecular weight excluding hydrogens is 435 g/mol. The summed E-state index contributed by atoms with van der Waals surface area (Å²) in [7, 11) is 0. The van der Waals surface area contributed by atoms with E-state index < -0.39 is 0 Å². The maximum atomic E-state index is 13.2. The number of H-pyrrole nitrogens is 1. The van der Waals surface area contributed by atoms with Gasteiger partial charge < -0.3 is 10.3 Å². The van der Waals surface area contributed by atoms with Gasteiger partial charge in [0.1, 0.15) is 0 Å². The second kappa shape index (κ2) is 9.00. The molecule has 1 aromatic heterocycles. The highest BCUT2D eigenvalue weighted by Gasteiger charge is 2.15. The van der Waals surface area contributed by atoms with Crippen LogP contribution < -0.4 is 5.32 Å². The molecule has 0 aliphatic rings. The molecule has 0 fully saturated rings. The highest BCUT2D eigenvalue weighted by molar-refractivity contribution is 7.98. The number of hydrogen-bond donors (Lipinski definition) is 2. The molecule has 0 bridgehead atoms. The molecule has 0 saturated carbocycles. The van der Waals surface area contributed by atoms with Gasteiger partial charge in [-0.1, -0.05) is 35.3 Å². The van der Waals surface area contributed by atoms with Gasteiger partial charge >= 0.3 is 0 Å². The molecule has 0 aliphatic carbocycles. The Kier molecular flexibility index (Phi) is 6.18. The first-order chi connectivity index (χ1) is 14.5. The molecule has 1 heterocycles. The number of rotatable bonds is 5. The summed E-state index contributed by atoms with van der Waals surface area (Å²) in [4.78, 5) is 17.4. The standard InChI is InChI=1S/C24H18Cl2N2OS/c1-30-18-9-10-19(20(14-18)15-4-6-16(25)7-5-15)24(29)28-17-8-11-22(26)21(13-17)23-3-2-12-27-23/h2-14,27H,1H3,(H,28,29). The van der Waals surface area contributed by atoms with Crippen LogP contribution in [0.2, 0.25) is 10.0 Å². The third-order valence-electron chi connectivity index (χ3n) is 4.74. The second-order valence-corrected chi connectivity index (χ2v) is 8.37. The quantitative estimate of drug-likeness (QED) is 0.305. The Balaban J connectivity index is 1.69. The summed E-state index contributed by atoms with van der Waals surface area (Å²) < 4.78 is 0. The third kappa shape index (κ3) is 4.41. The van der Waals surface area contributed by atoms with Crippen molar-refractivity contribution in [2.45, 2.75) is 4.90 Å². The van der Waals surface area contributed by atoms with Crippen molar-refractivity contribution in [1.82, 2.24) is 4.98 Å². The number of carbonyl (C=O) groups excluding carboxylic acids is 1. The average molecular weight is 453 g/mol. The fraction of sp³-hybridized carbons (Fsp3) is 0.0417. The van der Waals surface area contributed by atoms with Crippen LogP contribution in [-0.2, 0) is 0 Å². The van der Waals surface area contributed by atoms with Gasteiger partial charge in [-0.05, 0) is 78.0 Å². The van der Waals surface area contributed by atoms with Gasteiger partial charge in [-0.25, -0.2) is 0 Å². The molecule has 2 N–H and O–H groups in total. The molecule has 6 heteroatoms. The third-order valence-corrected chi connectivity index (χ3v) is 6.05. The predicted octanol–water partition coefficient (Wildman–Crippen LogP) is 7.63. The summed E-state index contributed by atoms with van der Waals surface area (Å²) >= 11 is 14.0. The summed E-state index contributed by atoms with van der Waals surface area (Å²) in [5.41, 5.74) is 4.77. The monoisotopic (exact) mass is 452 g/mol. The molecule has 0 spiro atoms. The zero-order valence-electron chi connectivity index (χ0n) is 16.1.